The quantitative estimate of drug-likeness (QED) is 0.761. The van der Waals surface area contributed by atoms with Gasteiger partial charge >= 0.3 is 5.69 Å². The highest BCUT2D eigenvalue weighted by molar-refractivity contribution is 5.71. The Morgan fingerprint density at radius 2 is 1.91 bits per heavy atom. The Hall–Kier alpha value is -2.63. The zero-order chi connectivity index (χ0) is 15.1. The number of hydrogen-bond donors (Lipinski definition) is 2. The number of nitrogens with zero attached hydrogens (tertiary/aromatic N) is 3. The number of aromatic amines is 1. The number of H-pyrrole nitrogens is 1. The fourth-order valence-electron chi connectivity index (χ4n) is 3.17. The molecule has 2 heterocycles. The summed E-state index contributed by atoms with van der Waals surface area (Å²) >= 11 is 0. The molecule has 22 heavy (non-hydrogen) atoms. The van der Waals surface area contributed by atoms with E-state index in [1.54, 1.807) is 35.0 Å². The standard InChI is InChI=1S/C16H16N4O2/c21-12-7-5-10(6-8-12)13-9-17-14-15(18-13)20(16(22)19-14)11-3-1-2-4-11/h5-9,11,21H,1-4H2,(H,17,19,22). The molecule has 3 aromatic rings. The van der Waals surface area contributed by atoms with Crippen molar-refractivity contribution in [3.63, 3.8) is 0 Å². The molecule has 1 aromatic carbocycles. The van der Waals surface area contributed by atoms with Crippen molar-refractivity contribution in [2.24, 2.45) is 0 Å². The van der Waals surface area contributed by atoms with Crippen molar-refractivity contribution in [2.45, 2.75) is 31.7 Å². The lowest BCUT2D eigenvalue weighted by Crippen LogP contribution is -2.20. The van der Waals surface area contributed by atoms with Crippen molar-refractivity contribution < 1.29 is 5.11 Å². The Morgan fingerprint density at radius 3 is 2.64 bits per heavy atom. The van der Waals surface area contributed by atoms with Crippen molar-refractivity contribution in [1.29, 1.82) is 0 Å². The molecule has 0 spiro atoms. The molecule has 0 amide bonds. The SMILES string of the molecule is O=c1[nH]c2ncc(-c3ccc(O)cc3)nc2n1C1CCCC1. The van der Waals surface area contributed by atoms with Crippen LogP contribution in [0.2, 0.25) is 0 Å². The van der Waals surface area contributed by atoms with Crippen LogP contribution in [0.25, 0.3) is 22.6 Å². The summed E-state index contributed by atoms with van der Waals surface area (Å²) in [7, 11) is 0. The van der Waals surface area contributed by atoms with Crippen molar-refractivity contribution in [1.82, 2.24) is 19.5 Å². The number of hydrogen-bond acceptors (Lipinski definition) is 4. The van der Waals surface area contributed by atoms with Crippen LogP contribution in [0.3, 0.4) is 0 Å². The summed E-state index contributed by atoms with van der Waals surface area (Å²) in [6, 6.07) is 7.02. The van der Waals surface area contributed by atoms with Gasteiger partial charge in [0, 0.05) is 11.6 Å². The third kappa shape index (κ3) is 2.07. The van der Waals surface area contributed by atoms with Crippen molar-refractivity contribution >= 4 is 11.3 Å². The number of fused-ring (bicyclic) bond motifs is 1. The van der Waals surface area contributed by atoms with Crippen LogP contribution >= 0.6 is 0 Å². The summed E-state index contributed by atoms with van der Waals surface area (Å²) in [4.78, 5) is 24.0. The van der Waals surface area contributed by atoms with Crippen LogP contribution in [0, 0.1) is 0 Å². The summed E-state index contributed by atoms with van der Waals surface area (Å²) in [5, 5.41) is 9.38. The van der Waals surface area contributed by atoms with E-state index in [0.29, 0.717) is 17.0 Å². The van der Waals surface area contributed by atoms with Gasteiger partial charge in [0.25, 0.3) is 0 Å². The lowest BCUT2D eigenvalue weighted by molar-refractivity contribution is 0.475. The van der Waals surface area contributed by atoms with Gasteiger partial charge < -0.3 is 5.11 Å². The smallest absolute Gasteiger partial charge is 0.329 e. The zero-order valence-corrected chi connectivity index (χ0v) is 12.0. The molecule has 112 valence electrons. The van der Waals surface area contributed by atoms with Gasteiger partial charge in [-0.15, -0.1) is 0 Å². The molecule has 2 aromatic heterocycles. The minimum absolute atomic E-state index is 0.134. The Bertz CT molecular complexity index is 873. The molecule has 4 rings (SSSR count). The van der Waals surface area contributed by atoms with Gasteiger partial charge in [-0.05, 0) is 37.1 Å². The van der Waals surface area contributed by atoms with Crippen molar-refractivity contribution in [3.05, 3.63) is 40.9 Å². The highest BCUT2D eigenvalue weighted by Gasteiger charge is 2.22. The molecule has 0 atom stereocenters. The summed E-state index contributed by atoms with van der Waals surface area (Å²) < 4.78 is 1.75. The Labute approximate surface area is 126 Å². The second-order valence-electron chi connectivity index (χ2n) is 5.71. The van der Waals surface area contributed by atoms with Crippen LogP contribution in [0.5, 0.6) is 5.75 Å². The van der Waals surface area contributed by atoms with Crippen LogP contribution in [0.4, 0.5) is 0 Å². The first-order chi connectivity index (χ1) is 10.7. The predicted molar refractivity (Wildman–Crippen MR) is 82.8 cm³/mol. The van der Waals surface area contributed by atoms with E-state index >= 15 is 0 Å². The summed E-state index contributed by atoms with van der Waals surface area (Å²) in [5.74, 6) is 0.210. The van der Waals surface area contributed by atoms with E-state index in [4.69, 9.17) is 0 Å². The Balaban J connectivity index is 1.87. The number of benzene rings is 1. The fourth-order valence-corrected chi connectivity index (χ4v) is 3.17. The Morgan fingerprint density at radius 1 is 1.18 bits per heavy atom. The van der Waals surface area contributed by atoms with Gasteiger partial charge in [-0.3, -0.25) is 9.55 Å². The third-order valence-electron chi connectivity index (χ3n) is 4.28. The first-order valence-electron chi connectivity index (χ1n) is 7.49. The first-order valence-corrected chi connectivity index (χ1v) is 7.49. The monoisotopic (exact) mass is 296 g/mol. The normalized spacial score (nSPS) is 15.6. The molecular formula is C16H16N4O2. The highest BCUT2D eigenvalue weighted by Crippen LogP contribution is 2.30. The van der Waals surface area contributed by atoms with Crippen LogP contribution in [-0.4, -0.2) is 24.6 Å². The van der Waals surface area contributed by atoms with Gasteiger partial charge in [0.2, 0.25) is 0 Å². The molecule has 6 nitrogen and oxygen atoms in total. The minimum atomic E-state index is -0.134. The number of rotatable bonds is 2. The van der Waals surface area contributed by atoms with Crippen molar-refractivity contribution in [2.75, 3.05) is 0 Å². The summed E-state index contributed by atoms with van der Waals surface area (Å²) in [6.45, 7) is 0. The molecule has 1 aliphatic rings. The molecule has 1 fully saturated rings. The molecule has 6 heteroatoms. The number of aromatic hydroxyl groups is 1. The molecule has 2 N–H and O–H groups in total. The van der Waals surface area contributed by atoms with Crippen LogP contribution in [-0.2, 0) is 0 Å². The maximum Gasteiger partial charge on any atom is 0.329 e. The molecule has 0 unspecified atom stereocenters. The molecule has 0 radical (unpaired) electrons. The van der Waals surface area contributed by atoms with Crippen LogP contribution < -0.4 is 5.69 Å². The minimum Gasteiger partial charge on any atom is -0.508 e. The number of aromatic nitrogens is 4. The van der Waals surface area contributed by atoms with E-state index in [2.05, 4.69) is 15.0 Å². The third-order valence-corrected chi connectivity index (χ3v) is 4.28. The van der Waals surface area contributed by atoms with Crippen molar-refractivity contribution in [3.8, 4) is 17.0 Å². The predicted octanol–water partition coefficient (Wildman–Crippen LogP) is 2.61. The van der Waals surface area contributed by atoms with E-state index in [9.17, 15) is 9.90 Å². The number of phenolic OH excluding ortho intramolecular Hbond substituents is 1. The van der Waals surface area contributed by atoms with Gasteiger partial charge in [0.15, 0.2) is 11.3 Å². The fraction of sp³-hybridized carbons (Fsp3) is 0.312. The summed E-state index contributed by atoms with van der Waals surface area (Å²) in [6.07, 6.45) is 5.96. The molecule has 0 aliphatic heterocycles. The van der Waals surface area contributed by atoms with E-state index in [-0.39, 0.29) is 17.5 Å². The van der Waals surface area contributed by atoms with E-state index < -0.39 is 0 Å². The van der Waals surface area contributed by atoms with Gasteiger partial charge in [-0.25, -0.2) is 14.8 Å². The molecule has 0 saturated heterocycles. The Kier molecular flexibility index (Phi) is 2.96. The van der Waals surface area contributed by atoms with E-state index in [0.717, 1.165) is 31.2 Å². The first kappa shape index (κ1) is 13.1. The molecule has 0 bridgehead atoms. The van der Waals surface area contributed by atoms with Gasteiger partial charge in [-0.1, -0.05) is 12.8 Å². The van der Waals surface area contributed by atoms with Crippen LogP contribution in [0.1, 0.15) is 31.7 Å². The maximum atomic E-state index is 12.2. The zero-order valence-electron chi connectivity index (χ0n) is 12.0. The average Bonchev–Trinajstić information content (AvgIpc) is 3.13. The molecule has 1 aliphatic carbocycles. The number of imidazole rings is 1. The second kappa shape index (κ2) is 4.98. The van der Waals surface area contributed by atoms with Gasteiger partial charge in [-0.2, -0.15) is 0 Å². The lowest BCUT2D eigenvalue weighted by atomic mass is 10.1. The van der Waals surface area contributed by atoms with Crippen LogP contribution in [0.15, 0.2) is 35.3 Å². The van der Waals surface area contributed by atoms with E-state index in [1.165, 1.54) is 0 Å². The van der Waals surface area contributed by atoms with Gasteiger partial charge in [0.1, 0.15) is 5.75 Å². The van der Waals surface area contributed by atoms with E-state index in [1.807, 2.05) is 0 Å². The molecular weight excluding hydrogens is 280 g/mol. The highest BCUT2D eigenvalue weighted by atomic mass is 16.3. The lowest BCUT2D eigenvalue weighted by Gasteiger charge is -2.10. The summed E-state index contributed by atoms with van der Waals surface area (Å²) in [5.41, 5.74) is 2.56. The second-order valence-corrected chi connectivity index (χ2v) is 5.71. The number of phenols is 1. The average molecular weight is 296 g/mol. The maximum absolute atomic E-state index is 12.2. The molecule has 1 saturated carbocycles. The van der Waals surface area contributed by atoms with Gasteiger partial charge in [0.05, 0.1) is 11.9 Å². The topological polar surface area (TPSA) is 83.8 Å². The largest absolute Gasteiger partial charge is 0.508 e. The number of nitrogens with one attached hydrogen (secondary N) is 1.